The molecule has 0 saturated heterocycles. The highest BCUT2D eigenvalue weighted by atomic mass is 32.2. The summed E-state index contributed by atoms with van der Waals surface area (Å²) in [5.41, 5.74) is 1.13. The molecule has 0 aliphatic heterocycles. The van der Waals surface area contributed by atoms with E-state index in [9.17, 15) is 0 Å². The molecule has 0 aliphatic carbocycles. The number of ether oxygens (including phenoxy) is 1. The fourth-order valence-electron chi connectivity index (χ4n) is 0.999. The van der Waals surface area contributed by atoms with Crippen LogP contribution in [0.4, 0.5) is 0 Å². The van der Waals surface area contributed by atoms with Gasteiger partial charge in [0.25, 0.3) is 0 Å². The number of hydrogen-bond donors (Lipinski definition) is 0. The molecule has 1 rings (SSSR count). The lowest BCUT2D eigenvalue weighted by molar-refractivity contribution is 0.414. The summed E-state index contributed by atoms with van der Waals surface area (Å²) in [6.45, 7) is 3.75. The van der Waals surface area contributed by atoms with Gasteiger partial charge in [-0.1, -0.05) is 12.7 Å². The summed E-state index contributed by atoms with van der Waals surface area (Å²) in [5, 5.41) is 0. The summed E-state index contributed by atoms with van der Waals surface area (Å²) >= 11 is 1.71. The molecule has 0 aliphatic rings. The number of methoxy groups -OCH3 is 1. The number of hydrogen-bond acceptors (Lipinski definition) is 2. The molecule has 0 atom stereocenters. The van der Waals surface area contributed by atoms with Crippen molar-refractivity contribution < 1.29 is 4.74 Å². The van der Waals surface area contributed by atoms with Crippen molar-refractivity contribution in [3.05, 3.63) is 30.3 Å². The molecule has 0 heterocycles. The van der Waals surface area contributed by atoms with Crippen LogP contribution in [0, 0.1) is 0 Å². The van der Waals surface area contributed by atoms with Gasteiger partial charge in [-0.25, -0.2) is 0 Å². The first-order valence-corrected chi connectivity index (χ1v) is 4.88. The van der Waals surface area contributed by atoms with Gasteiger partial charge in [0, 0.05) is 4.90 Å². The Hall–Kier alpha value is -0.890. The van der Waals surface area contributed by atoms with Crippen molar-refractivity contribution in [1.82, 2.24) is 0 Å². The molecule has 0 saturated carbocycles. The predicted octanol–water partition coefficient (Wildman–Crippen LogP) is 3.06. The summed E-state index contributed by atoms with van der Waals surface area (Å²) < 4.78 is 5.10. The third-order valence-electron chi connectivity index (χ3n) is 1.66. The Kier molecular flexibility index (Phi) is 3.23. The maximum atomic E-state index is 5.10. The van der Waals surface area contributed by atoms with E-state index in [2.05, 4.69) is 12.8 Å². The van der Waals surface area contributed by atoms with Crippen LogP contribution in [0.1, 0.15) is 5.56 Å². The zero-order valence-electron chi connectivity index (χ0n) is 7.33. The van der Waals surface area contributed by atoms with Gasteiger partial charge in [0.15, 0.2) is 0 Å². The molecule has 0 spiro atoms. The Balaban J connectivity index is 3.10. The molecule has 2 heteroatoms. The summed E-state index contributed by atoms with van der Waals surface area (Å²) in [7, 11) is 1.67. The van der Waals surface area contributed by atoms with Crippen molar-refractivity contribution in [3.63, 3.8) is 0 Å². The van der Waals surface area contributed by atoms with Crippen LogP contribution < -0.4 is 4.74 Å². The lowest BCUT2D eigenvalue weighted by atomic mass is 10.2. The summed E-state index contributed by atoms with van der Waals surface area (Å²) in [6, 6.07) is 5.98. The SMILES string of the molecule is C=Cc1cc(OC)ccc1SC. The smallest absolute Gasteiger partial charge is 0.119 e. The van der Waals surface area contributed by atoms with Gasteiger partial charge in [0.2, 0.25) is 0 Å². The standard InChI is InChI=1S/C10H12OS/c1-4-8-7-9(11-2)5-6-10(8)12-3/h4-7H,1H2,2-3H3. The molecule has 0 radical (unpaired) electrons. The Morgan fingerprint density at radius 2 is 2.25 bits per heavy atom. The average Bonchev–Trinajstić information content (AvgIpc) is 2.16. The molecule has 0 amide bonds. The van der Waals surface area contributed by atoms with Crippen molar-refractivity contribution in [2.75, 3.05) is 13.4 Å². The van der Waals surface area contributed by atoms with Crippen LogP contribution in [-0.4, -0.2) is 13.4 Å². The van der Waals surface area contributed by atoms with Gasteiger partial charge in [-0.3, -0.25) is 0 Å². The monoisotopic (exact) mass is 180 g/mol. The van der Waals surface area contributed by atoms with Gasteiger partial charge in [0.1, 0.15) is 5.75 Å². The summed E-state index contributed by atoms with van der Waals surface area (Å²) in [6.07, 6.45) is 3.89. The van der Waals surface area contributed by atoms with Crippen molar-refractivity contribution in [3.8, 4) is 5.75 Å². The van der Waals surface area contributed by atoms with E-state index in [0.717, 1.165) is 11.3 Å². The Bertz CT molecular complexity index is 281. The Labute approximate surface area is 77.4 Å². The molecule has 0 N–H and O–H groups in total. The maximum absolute atomic E-state index is 5.10. The van der Waals surface area contributed by atoms with E-state index in [1.807, 2.05) is 24.3 Å². The third-order valence-corrected chi connectivity index (χ3v) is 2.47. The molecule has 1 aromatic carbocycles. The maximum Gasteiger partial charge on any atom is 0.119 e. The molecular weight excluding hydrogens is 168 g/mol. The molecule has 0 unspecified atom stereocenters. The second-order valence-electron chi connectivity index (χ2n) is 2.31. The lowest BCUT2D eigenvalue weighted by Gasteiger charge is -2.05. The van der Waals surface area contributed by atoms with E-state index >= 15 is 0 Å². The first kappa shape index (κ1) is 9.20. The fourth-order valence-corrected chi connectivity index (χ4v) is 1.58. The van der Waals surface area contributed by atoms with Crippen LogP contribution in [-0.2, 0) is 0 Å². The molecule has 0 bridgehead atoms. The van der Waals surface area contributed by atoms with Gasteiger partial charge in [-0.05, 0) is 30.0 Å². The van der Waals surface area contributed by atoms with E-state index in [1.165, 1.54) is 4.90 Å². The molecular formula is C10H12OS. The van der Waals surface area contributed by atoms with E-state index < -0.39 is 0 Å². The zero-order chi connectivity index (χ0) is 8.97. The van der Waals surface area contributed by atoms with Crippen LogP contribution >= 0.6 is 11.8 Å². The van der Waals surface area contributed by atoms with E-state index in [1.54, 1.807) is 18.9 Å². The largest absolute Gasteiger partial charge is 0.497 e. The topological polar surface area (TPSA) is 9.23 Å². The third kappa shape index (κ3) is 1.83. The van der Waals surface area contributed by atoms with Crippen LogP contribution in [0.2, 0.25) is 0 Å². The van der Waals surface area contributed by atoms with Crippen molar-refractivity contribution in [2.45, 2.75) is 4.90 Å². The number of rotatable bonds is 3. The minimum absolute atomic E-state index is 0.878. The quantitative estimate of drug-likeness (QED) is 0.661. The van der Waals surface area contributed by atoms with Gasteiger partial charge >= 0.3 is 0 Å². The Morgan fingerprint density at radius 1 is 1.50 bits per heavy atom. The van der Waals surface area contributed by atoms with Gasteiger partial charge in [-0.2, -0.15) is 0 Å². The second kappa shape index (κ2) is 4.21. The average molecular weight is 180 g/mol. The van der Waals surface area contributed by atoms with E-state index in [4.69, 9.17) is 4.74 Å². The first-order valence-electron chi connectivity index (χ1n) is 3.66. The molecule has 64 valence electrons. The second-order valence-corrected chi connectivity index (χ2v) is 3.16. The predicted molar refractivity (Wildman–Crippen MR) is 54.9 cm³/mol. The van der Waals surface area contributed by atoms with Crippen LogP contribution in [0.3, 0.4) is 0 Å². The zero-order valence-corrected chi connectivity index (χ0v) is 8.15. The lowest BCUT2D eigenvalue weighted by Crippen LogP contribution is -1.84. The van der Waals surface area contributed by atoms with Crippen molar-refractivity contribution >= 4 is 17.8 Å². The van der Waals surface area contributed by atoms with Gasteiger partial charge in [0.05, 0.1) is 7.11 Å². The van der Waals surface area contributed by atoms with Crippen LogP contribution in [0.5, 0.6) is 5.75 Å². The normalized spacial score (nSPS) is 9.50. The van der Waals surface area contributed by atoms with E-state index in [0.29, 0.717) is 0 Å². The van der Waals surface area contributed by atoms with Crippen LogP contribution in [0.25, 0.3) is 6.08 Å². The minimum atomic E-state index is 0.878. The van der Waals surface area contributed by atoms with Crippen molar-refractivity contribution in [1.29, 1.82) is 0 Å². The van der Waals surface area contributed by atoms with Crippen LogP contribution in [0.15, 0.2) is 29.7 Å². The van der Waals surface area contributed by atoms with E-state index in [-0.39, 0.29) is 0 Å². The highest BCUT2D eigenvalue weighted by Crippen LogP contribution is 2.25. The minimum Gasteiger partial charge on any atom is -0.497 e. The number of thioether (sulfide) groups is 1. The molecule has 1 aromatic rings. The summed E-state index contributed by atoms with van der Waals surface area (Å²) in [4.78, 5) is 1.23. The van der Waals surface area contributed by atoms with Gasteiger partial charge < -0.3 is 4.74 Å². The highest BCUT2D eigenvalue weighted by molar-refractivity contribution is 7.98. The van der Waals surface area contributed by atoms with Gasteiger partial charge in [-0.15, -0.1) is 11.8 Å². The highest BCUT2D eigenvalue weighted by Gasteiger charge is 1.98. The molecule has 0 fully saturated rings. The molecule has 1 nitrogen and oxygen atoms in total. The number of benzene rings is 1. The molecule has 0 aromatic heterocycles. The first-order chi connectivity index (χ1) is 5.81. The van der Waals surface area contributed by atoms with Crippen molar-refractivity contribution in [2.24, 2.45) is 0 Å². The fraction of sp³-hybridized carbons (Fsp3) is 0.200. The Morgan fingerprint density at radius 3 is 2.75 bits per heavy atom. The summed E-state index contributed by atoms with van der Waals surface area (Å²) in [5.74, 6) is 0.878. The molecule has 12 heavy (non-hydrogen) atoms.